The normalized spacial score (nSPS) is 10.9. The zero-order valence-corrected chi connectivity index (χ0v) is 9.57. The number of anilines is 1. The highest BCUT2D eigenvalue weighted by atomic mass is 35.5. The quantitative estimate of drug-likeness (QED) is 0.692. The van der Waals surface area contributed by atoms with Crippen molar-refractivity contribution in [3.8, 4) is 11.4 Å². The number of imidazole rings is 1. The van der Waals surface area contributed by atoms with Gasteiger partial charge in [0.15, 0.2) is 0 Å². The van der Waals surface area contributed by atoms with E-state index in [0.717, 1.165) is 22.4 Å². The van der Waals surface area contributed by atoms with Crippen molar-refractivity contribution >= 4 is 28.5 Å². The van der Waals surface area contributed by atoms with Crippen LogP contribution in [0.15, 0.2) is 36.5 Å². The molecule has 0 fully saturated rings. The number of aromatic amines is 1. The fourth-order valence-corrected chi connectivity index (χ4v) is 1.90. The van der Waals surface area contributed by atoms with Gasteiger partial charge in [0.25, 0.3) is 0 Å². The van der Waals surface area contributed by atoms with E-state index in [2.05, 4.69) is 15.0 Å². The lowest BCUT2D eigenvalue weighted by molar-refractivity contribution is 1.28. The number of benzene rings is 1. The molecule has 1 aromatic carbocycles. The molecule has 0 amide bonds. The van der Waals surface area contributed by atoms with E-state index in [9.17, 15) is 0 Å². The lowest BCUT2D eigenvalue weighted by Gasteiger charge is -1.95. The van der Waals surface area contributed by atoms with Crippen LogP contribution in [0.5, 0.6) is 0 Å². The van der Waals surface area contributed by atoms with Gasteiger partial charge in [0, 0.05) is 11.8 Å². The molecule has 0 radical (unpaired) electrons. The summed E-state index contributed by atoms with van der Waals surface area (Å²) in [6.45, 7) is 0. The van der Waals surface area contributed by atoms with E-state index in [1.54, 1.807) is 12.3 Å². The summed E-state index contributed by atoms with van der Waals surface area (Å²) in [4.78, 5) is 11.7. The summed E-state index contributed by atoms with van der Waals surface area (Å²) in [5.41, 5.74) is 8.09. The summed E-state index contributed by atoms with van der Waals surface area (Å²) in [5.74, 6) is 1.23. The number of para-hydroxylation sites is 1. The minimum atomic E-state index is 0.489. The predicted molar refractivity (Wildman–Crippen MR) is 68.7 cm³/mol. The van der Waals surface area contributed by atoms with E-state index in [1.807, 2.05) is 24.3 Å². The Morgan fingerprint density at radius 2 is 2.06 bits per heavy atom. The van der Waals surface area contributed by atoms with Gasteiger partial charge in [-0.15, -0.1) is 0 Å². The Balaban J connectivity index is 2.18. The number of pyridine rings is 1. The maximum atomic E-state index is 6.06. The Bertz CT molecular complexity index is 673. The zero-order valence-electron chi connectivity index (χ0n) is 8.81. The molecule has 0 unspecified atom stereocenters. The second kappa shape index (κ2) is 3.75. The van der Waals surface area contributed by atoms with Gasteiger partial charge < -0.3 is 10.7 Å². The van der Waals surface area contributed by atoms with Crippen LogP contribution in [0, 0.1) is 0 Å². The molecule has 4 nitrogen and oxygen atoms in total. The van der Waals surface area contributed by atoms with Gasteiger partial charge in [0.1, 0.15) is 17.2 Å². The number of H-pyrrole nitrogens is 1. The number of nitrogens with zero attached hydrogens (tertiary/aromatic N) is 2. The summed E-state index contributed by atoms with van der Waals surface area (Å²) < 4.78 is 0. The van der Waals surface area contributed by atoms with Gasteiger partial charge in [-0.05, 0) is 24.3 Å². The average molecular weight is 245 g/mol. The minimum absolute atomic E-state index is 0.489. The molecule has 0 bridgehead atoms. The first kappa shape index (κ1) is 10.1. The number of hydrogen-bond acceptors (Lipinski definition) is 3. The number of aromatic nitrogens is 3. The summed E-state index contributed by atoms with van der Waals surface area (Å²) in [5, 5.41) is 0.633. The second-order valence-corrected chi connectivity index (χ2v) is 4.10. The molecule has 0 atom stereocenters. The van der Waals surface area contributed by atoms with E-state index in [0.29, 0.717) is 10.8 Å². The van der Waals surface area contributed by atoms with Gasteiger partial charge in [0.05, 0.1) is 10.5 Å². The number of fused-ring (bicyclic) bond motifs is 1. The third-order valence-electron chi connectivity index (χ3n) is 2.52. The van der Waals surface area contributed by atoms with Crippen LogP contribution in [0.3, 0.4) is 0 Å². The summed E-state index contributed by atoms with van der Waals surface area (Å²) in [6.07, 6.45) is 1.68. The summed E-state index contributed by atoms with van der Waals surface area (Å²) in [6, 6.07) is 9.24. The highest BCUT2D eigenvalue weighted by molar-refractivity contribution is 6.34. The van der Waals surface area contributed by atoms with Crippen LogP contribution in [0.25, 0.3) is 22.4 Å². The van der Waals surface area contributed by atoms with Crippen molar-refractivity contribution in [2.45, 2.75) is 0 Å². The molecule has 2 aromatic heterocycles. The van der Waals surface area contributed by atoms with Crippen LogP contribution < -0.4 is 5.73 Å². The van der Waals surface area contributed by atoms with Crippen molar-refractivity contribution in [2.75, 3.05) is 5.73 Å². The molecule has 84 valence electrons. The molecular formula is C12H9ClN4. The number of nitrogens with two attached hydrogens (primary N) is 1. The predicted octanol–water partition coefficient (Wildman–Crippen LogP) is 2.86. The van der Waals surface area contributed by atoms with E-state index >= 15 is 0 Å². The molecule has 2 heterocycles. The van der Waals surface area contributed by atoms with Crippen molar-refractivity contribution in [3.05, 3.63) is 41.6 Å². The van der Waals surface area contributed by atoms with Crippen LogP contribution in [-0.4, -0.2) is 15.0 Å². The molecule has 0 saturated heterocycles. The fraction of sp³-hybridized carbons (Fsp3) is 0. The number of nitrogens with one attached hydrogen (secondary N) is 1. The number of nitrogen functional groups attached to an aromatic ring is 1. The van der Waals surface area contributed by atoms with Crippen LogP contribution in [0.2, 0.25) is 5.02 Å². The summed E-state index contributed by atoms with van der Waals surface area (Å²) in [7, 11) is 0. The maximum Gasteiger partial charge on any atom is 0.140 e. The molecule has 3 aromatic rings. The topological polar surface area (TPSA) is 67.6 Å². The Morgan fingerprint density at radius 3 is 2.76 bits per heavy atom. The highest BCUT2D eigenvalue weighted by Crippen LogP contribution is 2.25. The Kier molecular flexibility index (Phi) is 2.23. The smallest absolute Gasteiger partial charge is 0.140 e. The maximum absolute atomic E-state index is 6.06. The van der Waals surface area contributed by atoms with Gasteiger partial charge in [-0.3, -0.25) is 0 Å². The Morgan fingerprint density at radius 1 is 1.18 bits per heavy atom. The molecule has 3 rings (SSSR count). The third-order valence-corrected chi connectivity index (χ3v) is 2.83. The van der Waals surface area contributed by atoms with Crippen molar-refractivity contribution in [1.29, 1.82) is 0 Å². The second-order valence-electron chi connectivity index (χ2n) is 3.69. The monoisotopic (exact) mass is 244 g/mol. The van der Waals surface area contributed by atoms with Crippen molar-refractivity contribution in [1.82, 2.24) is 15.0 Å². The minimum Gasteiger partial charge on any atom is -0.384 e. The average Bonchev–Trinajstić information content (AvgIpc) is 2.75. The summed E-state index contributed by atoms with van der Waals surface area (Å²) >= 11 is 6.06. The van der Waals surface area contributed by atoms with Crippen molar-refractivity contribution < 1.29 is 0 Å². The van der Waals surface area contributed by atoms with Gasteiger partial charge in [-0.1, -0.05) is 17.7 Å². The molecule has 0 saturated carbocycles. The fourth-order valence-electron chi connectivity index (χ4n) is 1.68. The van der Waals surface area contributed by atoms with Crippen LogP contribution in [0.4, 0.5) is 5.82 Å². The Labute approximate surface area is 102 Å². The molecule has 0 aliphatic rings. The molecule has 0 aliphatic heterocycles. The van der Waals surface area contributed by atoms with E-state index < -0.39 is 0 Å². The van der Waals surface area contributed by atoms with Gasteiger partial charge in [-0.25, -0.2) is 9.97 Å². The lowest BCUT2D eigenvalue weighted by Crippen LogP contribution is -1.89. The molecule has 0 aliphatic carbocycles. The van der Waals surface area contributed by atoms with E-state index in [-0.39, 0.29) is 0 Å². The number of halogens is 1. The van der Waals surface area contributed by atoms with Gasteiger partial charge in [0.2, 0.25) is 0 Å². The van der Waals surface area contributed by atoms with Crippen molar-refractivity contribution in [2.24, 2.45) is 0 Å². The van der Waals surface area contributed by atoms with Crippen LogP contribution in [-0.2, 0) is 0 Å². The van der Waals surface area contributed by atoms with Crippen LogP contribution >= 0.6 is 11.6 Å². The van der Waals surface area contributed by atoms with Gasteiger partial charge >= 0.3 is 0 Å². The SMILES string of the molecule is Nc1ccc(-c2nc3c(Cl)cccc3[nH]2)cn1. The number of hydrogen-bond donors (Lipinski definition) is 2. The molecule has 5 heteroatoms. The van der Waals surface area contributed by atoms with E-state index in [4.69, 9.17) is 17.3 Å². The largest absolute Gasteiger partial charge is 0.384 e. The van der Waals surface area contributed by atoms with Crippen LogP contribution in [0.1, 0.15) is 0 Å². The molecule has 3 N–H and O–H groups in total. The first-order valence-electron chi connectivity index (χ1n) is 5.10. The number of rotatable bonds is 1. The third kappa shape index (κ3) is 1.72. The first-order chi connectivity index (χ1) is 8.24. The standard InChI is InChI=1S/C12H9ClN4/c13-8-2-1-3-9-11(8)17-12(16-9)7-4-5-10(14)15-6-7/h1-6H,(H2,14,15)(H,16,17). The van der Waals surface area contributed by atoms with Crippen molar-refractivity contribution in [3.63, 3.8) is 0 Å². The zero-order chi connectivity index (χ0) is 11.8. The van der Waals surface area contributed by atoms with Gasteiger partial charge in [-0.2, -0.15) is 0 Å². The highest BCUT2D eigenvalue weighted by Gasteiger charge is 2.07. The lowest BCUT2D eigenvalue weighted by atomic mass is 10.3. The molecule has 0 spiro atoms. The molecular weight excluding hydrogens is 236 g/mol. The van der Waals surface area contributed by atoms with E-state index in [1.165, 1.54) is 0 Å². The Hall–Kier alpha value is -2.07. The first-order valence-corrected chi connectivity index (χ1v) is 5.48. The molecule has 17 heavy (non-hydrogen) atoms.